The predicted octanol–water partition coefficient (Wildman–Crippen LogP) is 1.88. The van der Waals surface area contributed by atoms with E-state index in [2.05, 4.69) is 30.7 Å². The lowest BCUT2D eigenvalue weighted by Gasteiger charge is -2.04. The lowest BCUT2D eigenvalue weighted by atomic mass is 10.4. The van der Waals surface area contributed by atoms with Gasteiger partial charge < -0.3 is 14.8 Å². The summed E-state index contributed by atoms with van der Waals surface area (Å²) < 4.78 is 10.0. The Labute approximate surface area is 105 Å². The zero-order chi connectivity index (χ0) is 12.1. The summed E-state index contributed by atoms with van der Waals surface area (Å²) in [6.45, 7) is -0.0614. The number of halogens is 1. The number of esters is 1. The van der Waals surface area contributed by atoms with Crippen molar-refractivity contribution in [2.45, 2.75) is 0 Å². The zero-order valence-corrected chi connectivity index (χ0v) is 11.1. The van der Waals surface area contributed by atoms with Crippen LogP contribution in [0, 0.1) is 0 Å². The highest BCUT2D eigenvalue weighted by molar-refractivity contribution is 9.11. The van der Waals surface area contributed by atoms with Crippen LogP contribution in [-0.2, 0) is 14.3 Å². The van der Waals surface area contributed by atoms with Crippen LogP contribution in [0.5, 0.6) is 0 Å². The van der Waals surface area contributed by atoms with Gasteiger partial charge >= 0.3 is 5.97 Å². The van der Waals surface area contributed by atoms with Gasteiger partial charge in [-0.3, -0.25) is 4.79 Å². The van der Waals surface area contributed by atoms with Gasteiger partial charge in [0, 0.05) is 7.11 Å². The average Bonchev–Trinajstić information content (AvgIpc) is 2.58. The molecule has 0 saturated heterocycles. The molecule has 0 aromatic carbocycles. The Balaban J connectivity index is 2.86. The molecule has 0 unspecified atom stereocenters. The molecule has 16 heavy (non-hydrogen) atoms. The predicted molar refractivity (Wildman–Crippen MR) is 63.9 cm³/mol. The third kappa shape index (κ3) is 3.29. The molecular formula is C9H10BrNO4S. The molecule has 1 heterocycles. The quantitative estimate of drug-likeness (QED) is 0.863. The molecule has 0 bridgehead atoms. The van der Waals surface area contributed by atoms with E-state index in [1.54, 1.807) is 6.07 Å². The molecule has 0 saturated carbocycles. The van der Waals surface area contributed by atoms with Crippen LogP contribution in [0.3, 0.4) is 0 Å². The van der Waals surface area contributed by atoms with E-state index in [-0.39, 0.29) is 12.5 Å². The number of hydrogen-bond acceptors (Lipinski definition) is 5. The van der Waals surface area contributed by atoms with Crippen LogP contribution in [0.1, 0.15) is 9.67 Å². The van der Waals surface area contributed by atoms with Crippen molar-refractivity contribution in [1.29, 1.82) is 0 Å². The third-order valence-corrected chi connectivity index (χ3v) is 3.24. The SMILES string of the molecule is COCC(=O)Nc1cc(Br)sc1C(=O)OC. The summed E-state index contributed by atoms with van der Waals surface area (Å²) in [5.74, 6) is -0.804. The van der Waals surface area contributed by atoms with E-state index in [1.807, 2.05) is 0 Å². The van der Waals surface area contributed by atoms with Crippen LogP contribution < -0.4 is 5.32 Å². The number of hydrogen-bond donors (Lipinski definition) is 1. The summed E-state index contributed by atoms with van der Waals surface area (Å²) in [5, 5.41) is 2.56. The van der Waals surface area contributed by atoms with E-state index in [0.717, 1.165) is 3.79 Å². The Hall–Kier alpha value is -0.920. The normalized spacial score (nSPS) is 9.94. The van der Waals surface area contributed by atoms with E-state index >= 15 is 0 Å². The molecule has 1 amide bonds. The molecule has 0 aliphatic heterocycles. The smallest absolute Gasteiger partial charge is 0.350 e. The van der Waals surface area contributed by atoms with Gasteiger partial charge in [0.1, 0.15) is 11.5 Å². The second kappa shape index (κ2) is 5.97. The van der Waals surface area contributed by atoms with Gasteiger partial charge in [0.05, 0.1) is 16.6 Å². The zero-order valence-electron chi connectivity index (χ0n) is 8.70. The highest BCUT2D eigenvalue weighted by atomic mass is 79.9. The number of methoxy groups -OCH3 is 2. The van der Waals surface area contributed by atoms with Crippen molar-refractivity contribution in [3.05, 3.63) is 14.7 Å². The second-order valence-corrected chi connectivity index (χ2v) is 5.20. The molecule has 1 aromatic heterocycles. The topological polar surface area (TPSA) is 64.6 Å². The number of thiophene rings is 1. The molecule has 1 N–H and O–H groups in total. The number of nitrogens with one attached hydrogen (secondary N) is 1. The molecule has 7 heteroatoms. The van der Waals surface area contributed by atoms with E-state index < -0.39 is 5.97 Å². The van der Waals surface area contributed by atoms with Gasteiger partial charge in [0.2, 0.25) is 5.91 Å². The number of anilines is 1. The molecule has 0 fully saturated rings. The fraction of sp³-hybridized carbons (Fsp3) is 0.333. The number of amides is 1. The Kier molecular flexibility index (Phi) is 4.91. The summed E-state index contributed by atoms with van der Waals surface area (Å²) in [5.41, 5.74) is 0.422. The maximum Gasteiger partial charge on any atom is 0.350 e. The largest absolute Gasteiger partial charge is 0.465 e. The van der Waals surface area contributed by atoms with Crippen LogP contribution in [0.25, 0.3) is 0 Å². The first-order valence-corrected chi connectivity index (χ1v) is 5.86. The first kappa shape index (κ1) is 13.1. The maximum absolute atomic E-state index is 11.4. The number of rotatable bonds is 4. The van der Waals surface area contributed by atoms with Crippen molar-refractivity contribution in [3.63, 3.8) is 0 Å². The van der Waals surface area contributed by atoms with Crippen molar-refractivity contribution in [2.24, 2.45) is 0 Å². The lowest BCUT2D eigenvalue weighted by molar-refractivity contribution is -0.119. The molecule has 0 aliphatic carbocycles. The number of ether oxygens (including phenoxy) is 2. The number of carbonyl (C=O) groups excluding carboxylic acids is 2. The molecule has 0 spiro atoms. The molecule has 5 nitrogen and oxygen atoms in total. The average molecular weight is 308 g/mol. The summed E-state index contributed by atoms with van der Waals surface area (Å²) >= 11 is 4.43. The monoisotopic (exact) mass is 307 g/mol. The Morgan fingerprint density at radius 2 is 2.19 bits per heavy atom. The van der Waals surface area contributed by atoms with Gasteiger partial charge in [0.15, 0.2) is 0 Å². The first-order chi connectivity index (χ1) is 7.58. The van der Waals surface area contributed by atoms with Gasteiger partial charge in [-0.15, -0.1) is 11.3 Å². The van der Waals surface area contributed by atoms with E-state index in [4.69, 9.17) is 0 Å². The summed E-state index contributed by atoms with van der Waals surface area (Å²) in [4.78, 5) is 23.0. The minimum atomic E-state index is -0.483. The second-order valence-electron chi connectivity index (χ2n) is 2.77. The van der Waals surface area contributed by atoms with Gasteiger partial charge in [-0.05, 0) is 22.0 Å². The molecule has 0 aliphatic rings. The highest BCUT2D eigenvalue weighted by Crippen LogP contribution is 2.31. The molecule has 0 atom stereocenters. The summed E-state index contributed by atoms with van der Waals surface area (Å²) in [6.07, 6.45) is 0. The lowest BCUT2D eigenvalue weighted by Crippen LogP contribution is -2.18. The van der Waals surface area contributed by atoms with Gasteiger partial charge in [0.25, 0.3) is 0 Å². The molecule has 1 aromatic rings. The number of carbonyl (C=O) groups is 2. The Bertz CT molecular complexity index is 404. The van der Waals surface area contributed by atoms with Crippen molar-refractivity contribution in [3.8, 4) is 0 Å². The fourth-order valence-electron chi connectivity index (χ4n) is 1.02. The van der Waals surface area contributed by atoms with Crippen molar-refractivity contribution in [2.75, 3.05) is 26.1 Å². The van der Waals surface area contributed by atoms with Crippen LogP contribution in [-0.4, -0.2) is 32.7 Å². The van der Waals surface area contributed by atoms with Gasteiger partial charge in [-0.1, -0.05) is 0 Å². The van der Waals surface area contributed by atoms with Crippen molar-refractivity contribution >= 4 is 44.8 Å². The van der Waals surface area contributed by atoms with Gasteiger partial charge in [-0.25, -0.2) is 4.79 Å². The first-order valence-electron chi connectivity index (χ1n) is 4.25. The maximum atomic E-state index is 11.4. The molecule has 88 valence electrons. The Morgan fingerprint density at radius 1 is 1.50 bits per heavy atom. The van der Waals surface area contributed by atoms with Crippen molar-refractivity contribution in [1.82, 2.24) is 0 Å². The standard InChI is InChI=1S/C9H10BrNO4S/c1-14-4-7(12)11-5-3-6(10)16-8(5)9(13)15-2/h3H,4H2,1-2H3,(H,11,12). The van der Waals surface area contributed by atoms with Crippen LogP contribution in [0.4, 0.5) is 5.69 Å². The third-order valence-electron chi connectivity index (χ3n) is 1.62. The fourth-order valence-corrected chi connectivity index (χ4v) is 2.49. The molecular weight excluding hydrogens is 298 g/mol. The Morgan fingerprint density at radius 3 is 2.75 bits per heavy atom. The van der Waals surface area contributed by atoms with Crippen LogP contribution in [0.2, 0.25) is 0 Å². The van der Waals surface area contributed by atoms with Crippen LogP contribution >= 0.6 is 27.3 Å². The van der Waals surface area contributed by atoms with E-state index in [9.17, 15) is 9.59 Å². The minimum Gasteiger partial charge on any atom is -0.465 e. The van der Waals surface area contributed by atoms with Crippen LogP contribution in [0.15, 0.2) is 9.85 Å². The molecule has 0 radical (unpaired) electrons. The van der Waals surface area contributed by atoms with Gasteiger partial charge in [-0.2, -0.15) is 0 Å². The van der Waals surface area contributed by atoms with E-state index in [0.29, 0.717) is 10.6 Å². The van der Waals surface area contributed by atoms with Crippen molar-refractivity contribution < 1.29 is 19.1 Å². The molecule has 1 rings (SSSR count). The highest BCUT2D eigenvalue weighted by Gasteiger charge is 2.17. The summed E-state index contributed by atoms with van der Waals surface area (Å²) in [7, 11) is 2.71. The summed E-state index contributed by atoms with van der Waals surface area (Å²) in [6, 6.07) is 1.64. The van der Waals surface area contributed by atoms with E-state index in [1.165, 1.54) is 25.6 Å². The minimum absolute atomic E-state index is 0.0614.